The number of guanidine groups is 1. The number of hydrogen-bond acceptors (Lipinski definition) is 2. The number of amides is 1. The molecule has 5 nitrogen and oxygen atoms in total. The molecule has 0 aromatic heterocycles. The van der Waals surface area contributed by atoms with E-state index in [-0.39, 0.29) is 12.6 Å². The minimum Gasteiger partial charge on any atom is -0.354 e. The van der Waals surface area contributed by atoms with Crippen LogP contribution in [0.25, 0.3) is 0 Å². The Kier molecular flexibility index (Phi) is 9.06. The molecule has 0 radical (unpaired) electrons. The summed E-state index contributed by atoms with van der Waals surface area (Å²) in [6.45, 7) is 0.576. The molecule has 0 heterocycles. The fourth-order valence-electron chi connectivity index (χ4n) is 3.11. The summed E-state index contributed by atoms with van der Waals surface area (Å²) in [5.74, 6) is 0.602. The molecule has 8 heteroatoms. The van der Waals surface area contributed by atoms with Crippen molar-refractivity contribution in [2.24, 2.45) is 10.9 Å². The number of nitrogens with zero attached hydrogens (tertiary/aromatic N) is 2. The highest BCUT2D eigenvalue weighted by molar-refractivity contribution is 5.86. The summed E-state index contributed by atoms with van der Waals surface area (Å²) in [6.07, 6.45) is 4.38. The van der Waals surface area contributed by atoms with Crippen LogP contribution >= 0.6 is 0 Å². The van der Waals surface area contributed by atoms with Crippen LogP contribution in [0.4, 0.5) is 13.2 Å². The maximum atomic E-state index is 12.3. The van der Waals surface area contributed by atoms with E-state index in [1.165, 1.54) is 38.5 Å². The first-order valence-electron chi connectivity index (χ1n) is 8.99. The molecule has 2 N–H and O–H groups in total. The maximum Gasteiger partial charge on any atom is 0.406 e. The number of alkyl halides is 3. The van der Waals surface area contributed by atoms with Gasteiger partial charge in [-0.25, -0.2) is 0 Å². The summed E-state index contributed by atoms with van der Waals surface area (Å²) in [4.78, 5) is 16.4. The van der Waals surface area contributed by atoms with E-state index in [0.29, 0.717) is 10.9 Å². The molecule has 1 aliphatic rings. The lowest BCUT2D eigenvalue weighted by Crippen LogP contribution is -2.47. The summed E-state index contributed by atoms with van der Waals surface area (Å²) >= 11 is 0. The van der Waals surface area contributed by atoms with Crippen LogP contribution in [0.5, 0.6) is 0 Å². The Hall–Kier alpha value is -1.47. The summed E-state index contributed by atoms with van der Waals surface area (Å²) in [6, 6.07) is 0.191. The van der Waals surface area contributed by atoms with Crippen molar-refractivity contribution in [3.63, 3.8) is 0 Å². The van der Waals surface area contributed by atoms with Gasteiger partial charge in [0.25, 0.3) is 0 Å². The summed E-state index contributed by atoms with van der Waals surface area (Å²) in [5, 5.41) is 5.98. The van der Waals surface area contributed by atoms with Crippen LogP contribution in [0.3, 0.4) is 0 Å². The molecule has 25 heavy (non-hydrogen) atoms. The monoisotopic (exact) mass is 364 g/mol. The van der Waals surface area contributed by atoms with Gasteiger partial charge in [-0.1, -0.05) is 32.1 Å². The first-order valence-corrected chi connectivity index (χ1v) is 8.99. The molecule has 1 amide bonds. The molecule has 1 fully saturated rings. The van der Waals surface area contributed by atoms with Gasteiger partial charge < -0.3 is 15.5 Å². The van der Waals surface area contributed by atoms with Gasteiger partial charge in [-0.2, -0.15) is 13.2 Å². The minimum atomic E-state index is -4.39. The van der Waals surface area contributed by atoms with Crippen molar-refractivity contribution in [2.75, 3.05) is 27.2 Å². The number of hydrogen-bond donors (Lipinski definition) is 2. The Morgan fingerprint density at radius 2 is 1.92 bits per heavy atom. The number of halogens is 3. The quantitative estimate of drug-likeness (QED) is 0.539. The highest BCUT2D eigenvalue weighted by atomic mass is 19.4. The lowest BCUT2D eigenvalue weighted by Gasteiger charge is -2.24. The van der Waals surface area contributed by atoms with Crippen molar-refractivity contribution in [2.45, 2.75) is 64.1 Å². The Morgan fingerprint density at radius 3 is 2.48 bits per heavy atom. The highest BCUT2D eigenvalue weighted by Gasteiger charge is 2.31. The Morgan fingerprint density at radius 1 is 1.28 bits per heavy atom. The van der Waals surface area contributed by atoms with Crippen LogP contribution in [-0.4, -0.2) is 56.2 Å². The smallest absolute Gasteiger partial charge is 0.354 e. The second-order valence-corrected chi connectivity index (χ2v) is 6.92. The molecule has 1 atom stereocenters. The van der Waals surface area contributed by atoms with Gasteiger partial charge in [0, 0.05) is 20.1 Å². The van der Waals surface area contributed by atoms with Crippen LogP contribution in [0.2, 0.25) is 0 Å². The van der Waals surface area contributed by atoms with Gasteiger partial charge in [0.2, 0.25) is 5.91 Å². The van der Waals surface area contributed by atoms with Crippen LogP contribution < -0.4 is 10.6 Å². The van der Waals surface area contributed by atoms with Gasteiger partial charge in [0.05, 0.1) is 6.54 Å². The van der Waals surface area contributed by atoms with Crippen LogP contribution in [0, 0.1) is 5.92 Å². The van der Waals surface area contributed by atoms with Gasteiger partial charge in [0.15, 0.2) is 5.96 Å². The zero-order valence-electron chi connectivity index (χ0n) is 15.5. The molecule has 0 saturated heterocycles. The van der Waals surface area contributed by atoms with Crippen LogP contribution in [0.1, 0.15) is 51.9 Å². The van der Waals surface area contributed by atoms with E-state index in [9.17, 15) is 18.0 Å². The Balaban J connectivity index is 2.29. The predicted octanol–water partition coefficient (Wildman–Crippen LogP) is 2.92. The van der Waals surface area contributed by atoms with E-state index in [1.807, 2.05) is 6.92 Å². The molecule has 1 unspecified atom stereocenters. The third-order valence-electron chi connectivity index (χ3n) is 4.59. The van der Waals surface area contributed by atoms with Gasteiger partial charge in [0.1, 0.15) is 6.54 Å². The zero-order chi connectivity index (χ0) is 18.9. The average Bonchev–Trinajstić information content (AvgIpc) is 2.55. The molecule has 0 bridgehead atoms. The fourth-order valence-corrected chi connectivity index (χ4v) is 3.11. The van der Waals surface area contributed by atoms with E-state index in [1.54, 1.807) is 7.05 Å². The van der Waals surface area contributed by atoms with Crippen molar-refractivity contribution in [1.29, 1.82) is 0 Å². The first-order chi connectivity index (χ1) is 11.7. The lowest BCUT2D eigenvalue weighted by molar-refractivity contribution is -0.157. The molecule has 0 aromatic carbocycles. The number of aliphatic imine (C=N–C) groups is 1. The lowest BCUT2D eigenvalue weighted by atomic mass is 9.85. The van der Waals surface area contributed by atoms with Gasteiger partial charge in [-0.15, -0.1) is 0 Å². The summed E-state index contributed by atoms with van der Waals surface area (Å²) < 4.78 is 36.9. The van der Waals surface area contributed by atoms with Crippen LogP contribution in [-0.2, 0) is 4.79 Å². The average molecular weight is 364 g/mol. The van der Waals surface area contributed by atoms with Gasteiger partial charge in [-0.3, -0.25) is 9.79 Å². The Labute approximate surface area is 148 Å². The third-order valence-corrected chi connectivity index (χ3v) is 4.59. The molecule has 1 aliphatic carbocycles. The molecular formula is C17H31F3N4O. The standard InChI is InChI=1S/C17H31F3N4O/c1-13(9-10-14-7-5-4-6-8-14)23-16(21-2)22-11-15(25)24(3)12-17(18,19)20/h13-14H,4-12H2,1-3H3,(H2,21,22,23). The molecule has 0 spiro atoms. The SMILES string of the molecule is CN=C(NCC(=O)N(C)CC(F)(F)F)NC(C)CCC1CCCCC1. The van der Waals surface area contributed by atoms with Crippen molar-refractivity contribution >= 4 is 11.9 Å². The number of rotatable bonds is 7. The predicted molar refractivity (Wildman–Crippen MR) is 93.5 cm³/mol. The summed E-state index contributed by atoms with van der Waals surface area (Å²) in [7, 11) is 2.72. The topological polar surface area (TPSA) is 56.7 Å². The molecule has 0 aromatic rings. The van der Waals surface area contributed by atoms with E-state index < -0.39 is 18.6 Å². The number of carbonyl (C=O) groups is 1. The fraction of sp³-hybridized carbons (Fsp3) is 0.882. The maximum absolute atomic E-state index is 12.3. The van der Waals surface area contributed by atoms with Crippen molar-refractivity contribution < 1.29 is 18.0 Å². The highest BCUT2D eigenvalue weighted by Crippen LogP contribution is 2.27. The molecular weight excluding hydrogens is 333 g/mol. The second-order valence-electron chi connectivity index (χ2n) is 6.92. The van der Waals surface area contributed by atoms with Crippen molar-refractivity contribution in [1.82, 2.24) is 15.5 Å². The number of nitrogens with one attached hydrogen (secondary N) is 2. The summed E-state index contributed by atoms with van der Waals surface area (Å²) in [5.41, 5.74) is 0. The first kappa shape index (κ1) is 21.6. The largest absolute Gasteiger partial charge is 0.406 e. The third kappa shape index (κ3) is 9.55. The second kappa shape index (κ2) is 10.5. The van der Waals surface area contributed by atoms with E-state index in [0.717, 1.165) is 19.4 Å². The van der Waals surface area contributed by atoms with E-state index >= 15 is 0 Å². The van der Waals surface area contributed by atoms with Crippen molar-refractivity contribution in [3.05, 3.63) is 0 Å². The molecule has 1 rings (SSSR count). The molecule has 1 saturated carbocycles. The van der Waals surface area contributed by atoms with E-state index in [2.05, 4.69) is 15.6 Å². The normalized spacial score (nSPS) is 17.9. The van der Waals surface area contributed by atoms with Crippen molar-refractivity contribution in [3.8, 4) is 0 Å². The van der Waals surface area contributed by atoms with E-state index in [4.69, 9.17) is 0 Å². The van der Waals surface area contributed by atoms with Crippen LogP contribution in [0.15, 0.2) is 4.99 Å². The number of likely N-dealkylation sites (N-methyl/N-ethyl adjacent to an activating group) is 1. The Bertz CT molecular complexity index is 434. The van der Waals surface area contributed by atoms with Gasteiger partial charge >= 0.3 is 6.18 Å². The molecule has 0 aliphatic heterocycles. The van der Waals surface area contributed by atoms with Gasteiger partial charge in [-0.05, 0) is 25.7 Å². The molecule has 146 valence electrons. The minimum absolute atomic E-state index is 0.191. The zero-order valence-corrected chi connectivity index (χ0v) is 15.5. The number of carbonyl (C=O) groups excluding carboxylic acids is 1.